The highest BCUT2D eigenvalue weighted by molar-refractivity contribution is 5.92. The van der Waals surface area contributed by atoms with E-state index in [0.29, 0.717) is 23.2 Å². The second-order valence-corrected chi connectivity index (χ2v) is 7.78. The average molecular weight is 415 g/mol. The highest BCUT2D eigenvalue weighted by atomic mass is 16.5. The lowest BCUT2D eigenvalue weighted by molar-refractivity contribution is -0.118. The van der Waals surface area contributed by atoms with Gasteiger partial charge >= 0.3 is 0 Å². The first-order chi connectivity index (χ1) is 15.0. The number of oxazole rings is 1. The monoisotopic (exact) mass is 414 g/mol. The molecule has 1 atom stereocenters. The topological polar surface area (TPSA) is 64.4 Å². The zero-order chi connectivity index (χ0) is 21.8. The molecule has 1 heterocycles. The minimum absolute atomic E-state index is 0.0467. The van der Waals surface area contributed by atoms with E-state index in [9.17, 15) is 4.79 Å². The summed E-state index contributed by atoms with van der Waals surface area (Å²) in [5.74, 6) is 1.54. The molecule has 0 radical (unpaired) electrons. The average Bonchev–Trinajstić information content (AvgIpc) is 3.21. The smallest absolute Gasteiger partial charge is 0.262 e. The zero-order valence-electron chi connectivity index (χ0n) is 18.0. The van der Waals surface area contributed by atoms with Gasteiger partial charge in [-0.25, -0.2) is 4.98 Å². The van der Waals surface area contributed by atoms with E-state index in [1.165, 1.54) is 5.56 Å². The van der Waals surface area contributed by atoms with E-state index < -0.39 is 0 Å². The van der Waals surface area contributed by atoms with Crippen LogP contribution in [-0.2, 0) is 4.79 Å². The van der Waals surface area contributed by atoms with Crippen LogP contribution in [0.25, 0.3) is 22.6 Å². The van der Waals surface area contributed by atoms with Crippen molar-refractivity contribution < 1.29 is 13.9 Å². The highest BCUT2D eigenvalue weighted by Crippen LogP contribution is 2.26. The SMILES string of the molecule is CC[C@H](C)c1ccc(OCC(=O)Nc2ccc(-c3nc4cc(C)ccc4o3)cc2)cc1. The maximum absolute atomic E-state index is 12.2. The van der Waals surface area contributed by atoms with Crippen molar-refractivity contribution in [1.82, 2.24) is 4.98 Å². The van der Waals surface area contributed by atoms with E-state index in [2.05, 4.69) is 24.1 Å². The van der Waals surface area contributed by atoms with E-state index in [0.717, 1.165) is 28.6 Å². The van der Waals surface area contributed by atoms with Crippen LogP contribution in [0.2, 0.25) is 0 Å². The molecule has 4 aromatic rings. The molecule has 0 saturated heterocycles. The van der Waals surface area contributed by atoms with E-state index in [1.54, 1.807) is 0 Å². The van der Waals surface area contributed by atoms with E-state index in [4.69, 9.17) is 9.15 Å². The molecule has 31 heavy (non-hydrogen) atoms. The van der Waals surface area contributed by atoms with Crippen LogP contribution in [-0.4, -0.2) is 17.5 Å². The fourth-order valence-electron chi connectivity index (χ4n) is 3.33. The molecule has 0 aliphatic heterocycles. The number of benzene rings is 3. The summed E-state index contributed by atoms with van der Waals surface area (Å²) in [7, 11) is 0. The Labute approximate surface area is 182 Å². The first-order valence-corrected chi connectivity index (χ1v) is 10.5. The lowest BCUT2D eigenvalue weighted by Crippen LogP contribution is -2.20. The second kappa shape index (κ2) is 9.04. The lowest BCUT2D eigenvalue weighted by atomic mass is 9.99. The van der Waals surface area contributed by atoms with Crippen LogP contribution in [0, 0.1) is 6.92 Å². The molecule has 0 saturated carbocycles. The third-order valence-electron chi connectivity index (χ3n) is 5.39. The third-order valence-corrected chi connectivity index (χ3v) is 5.39. The minimum atomic E-state index is -0.212. The molecular weight excluding hydrogens is 388 g/mol. The van der Waals surface area contributed by atoms with Gasteiger partial charge in [-0.2, -0.15) is 0 Å². The van der Waals surface area contributed by atoms with Crippen molar-refractivity contribution in [1.29, 1.82) is 0 Å². The van der Waals surface area contributed by atoms with Crippen LogP contribution in [0.5, 0.6) is 5.75 Å². The van der Waals surface area contributed by atoms with Crippen LogP contribution < -0.4 is 10.1 Å². The van der Waals surface area contributed by atoms with Crippen molar-refractivity contribution in [2.45, 2.75) is 33.1 Å². The van der Waals surface area contributed by atoms with Crippen LogP contribution in [0.4, 0.5) is 5.69 Å². The molecule has 4 rings (SSSR count). The number of amides is 1. The third kappa shape index (κ3) is 4.94. The van der Waals surface area contributed by atoms with Crippen molar-refractivity contribution in [2.75, 3.05) is 11.9 Å². The maximum Gasteiger partial charge on any atom is 0.262 e. The number of nitrogens with zero attached hydrogens (tertiary/aromatic N) is 1. The van der Waals surface area contributed by atoms with Crippen molar-refractivity contribution in [3.05, 3.63) is 77.9 Å². The van der Waals surface area contributed by atoms with Crippen LogP contribution in [0.15, 0.2) is 71.1 Å². The number of anilines is 1. The summed E-state index contributed by atoms with van der Waals surface area (Å²) in [4.78, 5) is 16.8. The number of aromatic nitrogens is 1. The Morgan fingerprint density at radius 3 is 2.52 bits per heavy atom. The van der Waals surface area contributed by atoms with Crippen LogP contribution >= 0.6 is 0 Å². The first kappa shape index (κ1) is 20.7. The lowest BCUT2D eigenvalue weighted by Gasteiger charge is -2.11. The van der Waals surface area contributed by atoms with Gasteiger partial charge in [0.15, 0.2) is 12.2 Å². The summed E-state index contributed by atoms with van der Waals surface area (Å²) in [6.45, 7) is 6.34. The minimum Gasteiger partial charge on any atom is -0.484 e. The molecule has 5 heteroatoms. The van der Waals surface area contributed by atoms with Crippen molar-refractivity contribution in [3.63, 3.8) is 0 Å². The summed E-state index contributed by atoms with van der Waals surface area (Å²) < 4.78 is 11.4. The largest absolute Gasteiger partial charge is 0.484 e. The van der Waals surface area contributed by atoms with E-state index in [-0.39, 0.29) is 12.5 Å². The Morgan fingerprint density at radius 1 is 1.06 bits per heavy atom. The molecular formula is C26H26N2O3. The zero-order valence-corrected chi connectivity index (χ0v) is 18.0. The van der Waals surface area contributed by atoms with Gasteiger partial charge in [0.25, 0.3) is 5.91 Å². The van der Waals surface area contributed by atoms with Crippen molar-refractivity contribution >= 4 is 22.7 Å². The Balaban J connectivity index is 1.34. The van der Waals surface area contributed by atoms with Gasteiger partial charge in [-0.3, -0.25) is 4.79 Å². The number of ether oxygens (including phenoxy) is 1. The summed E-state index contributed by atoms with van der Waals surface area (Å²) in [5.41, 5.74) is 5.54. The summed E-state index contributed by atoms with van der Waals surface area (Å²) >= 11 is 0. The molecule has 0 aliphatic rings. The normalized spacial score (nSPS) is 12.0. The fraction of sp³-hybridized carbons (Fsp3) is 0.231. The highest BCUT2D eigenvalue weighted by Gasteiger charge is 2.10. The van der Waals surface area contributed by atoms with Gasteiger partial charge < -0.3 is 14.5 Å². The molecule has 3 aromatic carbocycles. The number of hydrogen-bond donors (Lipinski definition) is 1. The van der Waals surface area contributed by atoms with Crippen LogP contribution in [0.3, 0.4) is 0 Å². The summed E-state index contributed by atoms with van der Waals surface area (Å²) in [6.07, 6.45) is 1.09. The molecule has 158 valence electrons. The van der Waals surface area contributed by atoms with Crippen molar-refractivity contribution in [2.24, 2.45) is 0 Å². The molecule has 0 fully saturated rings. The van der Waals surface area contributed by atoms with Gasteiger partial charge in [-0.15, -0.1) is 0 Å². The molecule has 0 aliphatic carbocycles. The van der Waals surface area contributed by atoms with E-state index >= 15 is 0 Å². The molecule has 0 bridgehead atoms. The molecule has 1 amide bonds. The van der Waals surface area contributed by atoms with Gasteiger partial charge in [0.2, 0.25) is 5.89 Å². The Kier molecular flexibility index (Phi) is 6.03. The summed E-state index contributed by atoms with van der Waals surface area (Å²) in [6, 6.07) is 21.2. The number of hydrogen-bond acceptors (Lipinski definition) is 4. The second-order valence-electron chi connectivity index (χ2n) is 7.78. The standard InChI is InChI=1S/C26H26N2O3/c1-4-18(3)19-8-12-22(13-9-19)30-16-25(29)27-21-10-6-20(7-11-21)26-28-23-15-17(2)5-14-24(23)31-26/h5-15,18H,4,16H2,1-3H3,(H,27,29)/t18-/m0/s1. The molecule has 1 N–H and O–H groups in total. The number of carbonyl (C=O) groups is 1. The number of aryl methyl sites for hydroxylation is 1. The number of fused-ring (bicyclic) bond motifs is 1. The fourth-order valence-corrected chi connectivity index (χ4v) is 3.33. The van der Waals surface area contributed by atoms with Gasteiger partial charge in [0.1, 0.15) is 11.3 Å². The Hall–Kier alpha value is -3.60. The number of carbonyl (C=O) groups excluding carboxylic acids is 1. The predicted octanol–water partition coefficient (Wildman–Crippen LogP) is 6.33. The number of rotatable bonds is 7. The predicted molar refractivity (Wildman–Crippen MR) is 123 cm³/mol. The molecule has 1 aromatic heterocycles. The van der Waals surface area contributed by atoms with Crippen LogP contribution in [0.1, 0.15) is 37.3 Å². The Bertz CT molecular complexity index is 1180. The maximum atomic E-state index is 12.2. The quantitative estimate of drug-likeness (QED) is 0.383. The number of nitrogens with one attached hydrogen (secondary N) is 1. The molecule has 0 spiro atoms. The molecule has 0 unspecified atom stereocenters. The van der Waals surface area contributed by atoms with E-state index in [1.807, 2.05) is 73.7 Å². The van der Waals surface area contributed by atoms with Gasteiger partial charge in [0, 0.05) is 11.3 Å². The van der Waals surface area contributed by atoms with Gasteiger partial charge in [0.05, 0.1) is 0 Å². The van der Waals surface area contributed by atoms with Gasteiger partial charge in [-0.1, -0.05) is 32.0 Å². The van der Waals surface area contributed by atoms with Gasteiger partial charge in [-0.05, 0) is 78.9 Å². The molecule has 5 nitrogen and oxygen atoms in total. The summed E-state index contributed by atoms with van der Waals surface area (Å²) in [5, 5.41) is 2.85. The van der Waals surface area contributed by atoms with Crippen molar-refractivity contribution in [3.8, 4) is 17.2 Å². The Morgan fingerprint density at radius 2 is 1.81 bits per heavy atom. The first-order valence-electron chi connectivity index (χ1n) is 10.5.